The van der Waals surface area contributed by atoms with Crippen molar-refractivity contribution in [3.8, 4) is 0 Å². The molecule has 6 nitrogen and oxygen atoms in total. The Labute approximate surface area is 160 Å². The zero-order chi connectivity index (χ0) is 19.6. The molecule has 0 saturated carbocycles. The lowest BCUT2D eigenvalue weighted by atomic mass is 10.0. The molecule has 1 atom stereocenters. The van der Waals surface area contributed by atoms with Crippen molar-refractivity contribution in [1.82, 2.24) is 19.5 Å². The Bertz CT molecular complexity index is 1030. The van der Waals surface area contributed by atoms with Crippen LogP contribution in [0.15, 0.2) is 53.6 Å². The fraction of sp³-hybridized carbons (Fsp3) is 0.300. The normalized spacial score (nSPS) is 12.9. The van der Waals surface area contributed by atoms with Gasteiger partial charge in [0.05, 0.1) is 23.1 Å². The van der Waals surface area contributed by atoms with E-state index in [4.69, 9.17) is 0 Å². The summed E-state index contributed by atoms with van der Waals surface area (Å²) in [4.78, 5) is 4.60. The zero-order valence-corrected chi connectivity index (χ0v) is 16.8. The van der Waals surface area contributed by atoms with E-state index in [0.29, 0.717) is 23.5 Å². The highest BCUT2D eigenvalue weighted by Gasteiger charge is 2.28. The van der Waals surface area contributed by atoms with Gasteiger partial charge in [0, 0.05) is 13.2 Å². The van der Waals surface area contributed by atoms with Crippen molar-refractivity contribution in [3.63, 3.8) is 0 Å². The Kier molecular flexibility index (Phi) is 5.43. The third-order valence-electron chi connectivity index (χ3n) is 4.61. The molecule has 0 spiro atoms. The van der Waals surface area contributed by atoms with E-state index >= 15 is 0 Å². The smallest absolute Gasteiger partial charge is 0.244 e. The van der Waals surface area contributed by atoms with Gasteiger partial charge >= 0.3 is 0 Å². The number of nitrogens with one attached hydrogen (secondary N) is 1. The van der Waals surface area contributed by atoms with Crippen LogP contribution >= 0.6 is 0 Å². The number of aromatic nitrogens is 3. The molecular formula is C20H24N4O2S. The summed E-state index contributed by atoms with van der Waals surface area (Å²) in [5.41, 5.74) is 3.97. The van der Waals surface area contributed by atoms with Crippen molar-refractivity contribution < 1.29 is 8.42 Å². The second-order valence-electron chi connectivity index (χ2n) is 6.74. The number of hydrogen-bond acceptors (Lipinski definition) is 4. The first-order chi connectivity index (χ1) is 12.8. The van der Waals surface area contributed by atoms with Crippen LogP contribution in [0.5, 0.6) is 0 Å². The van der Waals surface area contributed by atoms with Gasteiger partial charge < -0.3 is 0 Å². The summed E-state index contributed by atoms with van der Waals surface area (Å²) in [6.07, 6.45) is 2.18. The molecule has 1 aromatic carbocycles. The van der Waals surface area contributed by atoms with Gasteiger partial charge in [0.25, 0.3) is 0 Å². The molecule has 0 radical (unpaired) electrons. The molecule has 0 saturated heterocycles. The van der Waals surface area contributed by atoms with E-state index in [9.17, 15) is 8.42 Å². The number of rotatable bonds is 6. The second kappa shape index (κ2) is 7.62. The topological polar surface area (TPSA) is 76.9 Å². The molecule has 0 bridgehead atoms. The maximum atomic E-state index is 13.1. The molecule has 27 heavy (non-hydrogen) atoms. The average molecular weight is 385 g/mol. The van der Waals surface area contributed by atoms with Gasteiger partial charge in [-0.15, -0.1) is 0 Å². The summed E-state index contributed by atoms with van der Waals surface area (Å²) >= 11 is 0. The number of pyridine rings is 1. The number of sulfonamides is 1. The molecule has 3 aromatic rings. The predicted molar refractivity (Wildman–Crippen MR) is 105 cm³/mol. The van der Waals surface area contributed by atoms with Crippen LogP contribution in [-0.2, 0) is 23.5 Å². The van der Waals surface area contributed by atoms with Crippen molar-refractivity contribution in [1.29, 1.82) is 0 Å². The minimum Gasteiger partial charge on any atom is -0.271 e. The van der Waals surface area contributed by atoms with Crippen molar-refractivity contribution in [2.24, 2.45) is 7.05 Å². The summed E-state index contributed by atoms with van der Waals surface area (Å²) in [6.45, 7) is 5.48. The SMILES string of the molecule is Cc1ccc(C[C@H](NS(=O)(=O)c2c(C)nn(C)c2C)c2ccccn2)cc1. The molecule has 0 aliphatic heterocycles. The number of benzene rings is 1. The summed E-state index contributed by atoms with van der Waals surface area (Å²) in [6, 6.07) is 13.1. The van der Waals surface area contributed by atoms with E-state index in [1.165, 1.54) is 0 Å². The minimum atomic E-state index is -3.75. The minimum absolute atomic E-state index is 0.231. The predicted octanol–water partition coefficient (Wildman–Crippen LogP) is 3.00. The van der Waals surface area contributed by atoms with Gasteiger partial charge in [-0.1, -0.05) is 35.9 Å². The fourth-order valence-electron chi connectivity index (χ4n) is 3.14. The van der Waals surface area contributed by atoms with Crippen molar-refractivity contribution in [2.75, 3.05) is 0 Å². The highest BCUT2D eigenvalue weighted by molar-refractivity contribution is 7.89. The van der Waals surface area contributed by atoms with Crippen LogP contribution in [0.1, 0.15) is 34.3 Å². The van der Waals surface area contributed by atoms with Crippen LogP contribution in [0.2, 0.25) is 0 Å². The van der Waals surface area contributed by atoms with E-state index < -0.39 is 16.1 Å². The monoisotopic (exact) mass is 384 g/mol. The van der Waals surface area contributed by atoms with Crippen molar-refractivity contribution in [2.45, 2.75) is 38.1 Å². The first-order valence-corrected chi connectivity index (χ1v) is 10.3. The molecule has 0 aliphatic rings. The molecule has 7 heteroatoms. The lowest BCUT2D eigenvalue weighted by Crippen LogP contribution is -2.31. The number of aryl methyl sites for hydroxylation is 3. The maximum absolute atomic E-state index is 13.1. The first kappa shape index (κ1) is 19.3. The largest absolute Gasteiger partial charge is 0.271 e. The molecule has 0 aliphatic carbocycles. The third kappa shape index (κ3) is 4.26. The van der Waals surface area contributed by atoms with Crippen LogP contribution in [0, 0.1) is 20.8 Å². The second-order valence-corrected chi connectivity index (χ2v) is 8.39. The average Bonchev–Trinajstić information content (AvgIpc) is 2.89. The molecule has 0 amide bonds. The van der Waals surface area contributed by atoms with Gasteiger partial charge in [-0.3, -0.25) is 9.67 Å². The van der Waals surface area contributed by atoms with Gasteiger partial charge in [-0.05, 0) is 44.9 Å². The zero-order valence-electron chi connectivity index (χ0n) is 16.0. The third-order valence-corrected chi connectivity index (χ3v) is 6.34. The lowest BCUT2D eigenvalue weighted by molar-refractivity contribution is 0.548. The quantitative estimate of drug-likeness (QED) is 0.709. The Morgan fingerprint density at radius 2 is 1.78 bits per heavy atom. The summed E-state index contributed by atoms with van der Waals surface area (Å²) in [5.74, 6) is 0. The maximum Gasteiger partial charge on any atom is 0.244 e. The van der Waals surface area contributed by atoms with Crippen LogP contribution in [0.4, 0.5) is 0 Å². The molecule has 2 aromatic heterocycles. The first-order valence-electron chi connectivity index (χ1n) is 8.77. The van der Waals surface area contributed by atoms with Crippen LogP contribution in [0.3, 0.4) is 0 Å². The van der Waals surface area contributed by atoms with Gasteiger partial charge in [-0.2, -0.15) is 5.10 Å². The number of nitrogens with zero attached hydrogens (tertiary/aromatic N) is 3. The summed E-state index contributed by atoms with van der Waals surface area (Å²) < 4.78 is 30.7. The van der Waals surface area contributed by atoms with Crippen molar-refractivity contribution >= 4 is 10.0 Å². The van der Waals surface area contributed by atoms with Gasteiger partial charge in [0.2, 0.25) is 10.0 Å². The molecule has 0 fully saturated rings. The van der Waals surface area contributed by atoms with E-state index in [1.54, 1.807) is 31.8 Å². The molecule has 2 heterocycles. The standard InChI is InChI=1S/C20H24N4O2S/c1-14-8-10-17(11-9-14)13-19(18-7-5-6-12-21-18)23-27(25,26)20-15(2)22-24(4)16(20)3/h5-12,19,23H,13H2,1-4H3/t19-/m0/s1. The molecule has 1 N–H and O–H groups in total. The van der Waals surface area contributed by atoms with E-state index in [-0.39, 0.29) is 4.90 Å². The Hall–Kier alpha value is -2.51. The van der Waals surface area contributed by atoms with E-state index in [1.807, 2.05) is 49.4 Å². The highest BCUT2D eigenvalue weighted by Crippen LogP contribution is 2.24. The summed E-state index contributed by atoms with van der Waals surface area (Å²) in [7, 11) is -2.01. The Balaban J connectivity index is 1.97. The molecule has 142 valence electrons. The lowest BCUT2D eigenvalue weighted by Gasteiger charge is -2.19. The van der Waals surface area contributed by atoms with Gasteiger partial charge in [-0.25, -0.2) is 13.1 Å². The molecule has 3 rings (SSSR count). The van der Waals surface area contributed by atoms with Crippen LogP contribution < -0.4 is 4.72 Å². The molecular weight excluding hydrogens is 360 g/mol. The van der Waals surface area contributed by atoms with Crippen LogP contribution in [-0.4, -0.2) is 23.2 Å². The molecule has 0 unspecified atom stereocenters. The van der Waals surface area contributed by atoms with E-state index in [2.05, 4.69) is 14.8 Å². The van der Waals surface area contributed by atoms with Crippen LogP contribution in [0.25, 0.3) is 0 Å². The Morgan fingerprint density at radius 3 is 2.33 bits per heavy atom. The highest BCUT2D eigenvalue weighted by atomic mass is 32.2. The van der Waals surface area contributed by atoms with Crippen molar-refractivity contribution in [3.05, 3.63) is 76.9 Å². The fourth-order valence-corrected chi connectivity index (χ4v) is 4.79. The van der Waals surface area contributed by atoms with Gasteiger partial charge in [0.1, 0.15) is 4.90 Å². The van der Waals surface area contributed by atoms with Gasteiger partial charge in [0.15, 0.2) is 0 Å². The van der Waals surface area contributed by atoms with E-state index in [0.717, 1.165) is 11.1 Å². The summed E-state index contributed by atoms with van der Waals surface area (Å²) in [5, 5.41) is 4.23. The number of hydrogen-bond donors (Lipinski definition) is 1. The Morgan fingerprint density at radius 1 is 1.07 bits per heavy atom.